The molecule has 0 saturated heterocycles. The molecule has 2 heteroatoms. The molecule has 0 spiro atoms. The molecule has 0 unspecified atom stereocenters. The minimum absolute atomic E-state index is 0.648. The first-order chi connectivity index (χ1) is 8.35. The number of hydrogen-bond acceptors (Lipinski definition) is 2. The Morgan fingerprint density at radius 3 is 2.88 bits per heavy atom. The predicted molar refractivity (Wildman–Crippen MR) is 74.5 cm³/mol. The van der Waals surface area contributed by atoms with Crippen molar-refractivity contribution < 1.29 is 0 Å². The molecule has 17 heavy (non-hydrogen) atoms. The smallest absolute Gasteiger partial charge is 0.0418 e. The van der Waals surface area contributed by atoms with E-state index in [0.29, 0.717) is 6.04 Å². The lowest BCUT2D eigenvalue weighted by Crippen LogP contribution is -2.28. The van der Waals surface area contributed by atoms with E-state index >= 15 is 0 Å². The van der Waals surface area contributed by atoms with Gasteiger partial charge in [0.2, 0.25) is 0 Å². The monoisotopic (exact) mass is 232 g/mol. The number of nitrogens with one attached hydrogen (secondary N) is 2. The van der Waals surface area contributed by atoms with Crippen molar-refractivity contribution in [2.75, 3.05) is 11.9 Å². The average molecular weight is 232 g/mol. The van der Waals surface area contributed by atoms with Gasteiger partial charge in [-0.2, -0.15) is 0 Å². The highest BCUT2D eigenvalue weighted by molar-refractivity contribution is 5.59. The van der Waals surface area contributed by atoms with Gasteiger partial charge in [-0.25, -0.2) is 0 Å². The standard InChI is InChI=1S/C15H24N2/c1-3-14(4-2)17-11-13-8-5-7-12-9-6-10-16-15(12)13/h5,7-8,14,16-17H,3-4,6,9-11H2,1-2H3. The van der Waals surface area contributed by atoms with Crippen LogP contribution in [0, 0.1) is 0 Å². The normalized spacial score (nSPS) is 14.5. The number of aryl methyl sites for hydroxylation is 1. The van der Waals surface area contributed by atoms with E-state index in [1.807, 2.05) is 0 Å². The van der Waals surface area contributed by atoms with Crippen LogP contribution in [0.2, 0.25) is 0 Å². The summed E-state index contributed by atoms with van der Waals surface area (Å²) in [5.41, 5.74) is 4.30. The van der Waals surface area contributed by atoms with Crippen molar-refractivity contribution >= 4 is 5.69 Å². The Kier molecular flexibility index (Phi) is 4.43. The molecule has 0 bridgehead atoms. The molecule has 0 aromatic heterocycles. The first-order valence-corrected chi connectivity index (χ1v) is 6.93. The quantitative estimate of drug-likeness (QED) is 0.813. The van der Waals surface area contributed by atoms with Gasteiger partial charge in [0.25, 0.3) is 0 Å². The van der Waals surface area contributed by atoms with Crippen LogP contribution >= 0.6 is 0 Å². The number of benzene rings is 1. The van der Waals surface area contributed by atoms with Crippen LogP contribution in [0.4, 0.5) is 5.69 Å². The molecule has 0 radical (unpaired) electrons. The molecule has 1 heterocycles. The largest absolute Gasteiger partial charge is 0.385 e. The molecule has 0 aliphatic carbocycles. The fraction of sp³-hybridized carbons (Fsp3) is 0.600. The second kappa shape index (κ2) is 6.06. The van der Waals surface area contributed by atoms with Gasteiger partial charge in [0, 0.05) is 24.8 Å². The Morgan fingerprint density at radius 2 is 2.12 bits per heavy atom. The number of hydrogen-bond donors (Lipinski definition) is 2. The predicted octanol–water partition coefficient (Wildman–Crippen LogP) is 3.32. The summed E-state index contributed by atoms with van der Waals surface area (Å²) in [6.45, 7) is 6.61. The van der Waals surface area contributed by atoms with Crippen LogP contribution in [0.5, 0.6) is 0 Å². The van der Waals surface area contributed by atoms with Crippen LogP contribution in [0.3, 0.4) is 0 Å². The summed E-state index contributed by atoms with van der Waals surface area (Å²) >= 11 is 0. The maximum Gasteiger partial charge on any atom is 0.0418 e. The van der Waals surface area contributed by atoms with Crippen molar-refractivity contribution in [2.45, 2.75) is 52.1 Å². The van der Waals surface area contributed by atoms with Crippen LogP contribution in [0.15, 0.2) is 18.2 Å². The van der Waals surface area contributed by atoms with Gasteiger partial charge < -0.3 is 10.6 Å². The first kappa shape index (κ1) is 12.4. The Morgan fingerprint density at radius 1 is 1.29 bits per heavy atom. The highest BCUT2D eigenvalue weighted by Gasteiger charge is 2.12. The Hall–Kier alpha value is -1.02. The second-order valence-corrected chi connectivity index (χ2v) is 4.88. The van der Waals surface area contributed by atoms with Gasteiger partial charge in [0.05, 0.1) is 0 Å². The van der Waals surface area contributed by atoms with Crippen molar-refractivity contribution in [3.63, 3.8) is 0 Å². The molecule has 1 aliphatic heterocycles. The summed E-state index contributed by atoms with van der Waals surface area (Å²) in [7, 11) is 0. The van der Waals surface area contributed by atoms with Crippen LogP contribution in [-0.2, 0) is 13.0 Å². The number of para-hydroxylation sites is 1. The molecule has 2 nitrogen and oxygen atoms in total. The van der Waals surface area contributed by atoms with Gasteiger partial charge in [-0.05, 0) is 36.8 Å². The van der Waals surface area contributed by atoms with Crippen molar-refractivity contribution in [3.05, 3.63) is 29.3 Å². The van der Waals surface area contributed by atoms with E-state index in [-0.39, 0.29) is 0 Å². The average Bonchev–Trinajstić information content (AvgIpc) is 2.40. The third-order valence-electron chi connectivity index (χ3n) is 3.73. The molecule has 1 aliphatic rings. The van der Waals surface area contributed by atoms with E-state index in [9.17, 15) is 0 Å². The minimum Gasteiger partial charge on any atom is -0.385 e. The van der Waals surface area contributed by atoms with Crippen LogP contribution in [0.25, 0.3) is 0 Å². The van der Waals surface area contributed by atoms with Crippen LogP contribution in [-0.4, -0.2) is 12.6 Å². The lowest BCUT2D eigenvalue weighted by Gasteiger charge is -2.23. The maximum absolute atomic E-state index is 3.65. The molecule has 2 N–H and O–H groups in total. The summed E-state index contributed by atoms with van der Waals surface area (Å²) in [5, 5.41) is 7.20. The number of rotatable bonds is 5. The molecule has 2 rings (SSSR count). The Balaban J connectivity index is 2.05. The van der Waals surface area contributed by atoms with Gasteiger partial charge in [-0.3, -0.25) is 0 Å². The summed E-state index contributed by atoms with van der Waals surface area (Å²) in [6.07, 6.45) is 4.90. The summed E-state index contributed by atoms with van der Waals surface area (Å²) < 4.78 is 0. The molecule has 1 aromatic rings. The molecule has 0 amide bonds. The third kappa shape index (κ3) is 3.01. The molecule has 0 fully saturated rings. The first-order valence-electron chi connectivity index (χ1n) is 6.93. The topological polar surface area (TPSA) is 24.1 Å². The Labute approximate surface area is 105 Å². The second-order valence-electron chi connectivity index (χ2n) is 4.88. The van der Waals surface area contributed by atoms with E-state index in [1.165, 1.54) is 42.5 Å². The van der Waals surface area contributed by atoms with Gasteiger partial charge >= 0.3 is 0 Å². The highest BCUT2D eigenvalue weighted by Crippen LogP contribution is 2.26. The summed E-state index contributed by atoms with van der Waals surface area (Å²) in [4.78, 5) is 0. The van der Waals surface area contributed by atoms with E-state index in [1.54, 1.807) is 0 Å². The molecule has 94 valence electrons. The zero-order chi connectivity index (χ0) is 12.1. The van der Waals surface area contributed by atoms with Crippen LogP contribution in [0.1, 0.15) is 44.2 Å². The lowest BCUT2D eigenvalue weighted by atomic mass is 9.99. The molecule has 0 saturated carbocycles. The van der Waals surface area contributed by atoms with Crippen molar-refractivity contribution in [1.82, 2.24) is 5.32 Å². The summed E-state index contributed by atoms with van der Waals surface area (Å²) in [5.74, 6) is 0. The zero-order valence-corrected chi connectivity index (χ0v) is 11.1. The van der Waals surface area contributed by atoms with Crippen molar-refractivity contribution in [3.8, 4) is 0 Å². The van der Waals surface area contributed by atoms with E-state index in [0.717, 1.165) is 13.1 Å². The van der Waals surface area contributed by atoms with Gasteiger partial charge in [-0.1, -0.05) is 32.0 Å². The lowest BCUT2D eigenvalue weighted by molar-refractivity contribution is 0.484. The van der Waals surface area contributed by atoms with E-state index in [4.69, 9.17) is 0 Å². The zero-order valence-electron chi connectivity index (χ0n) is 11.1. The molecule has 0 atom stereocenters. The van der Waals surface area contributed by atoms with E-state index in [2.05, 4.69) is 42.7 Å². The van der Waals surface area contributed by atoms with Gasteiger partial charge in [0.15, 0.2) is 0 Å². The van der Waals surface area contributed by atoms with Crippen molar-refractivity contribution in [2.24, 2.45) is 0 Å². The highest BCUT2D eigenvalue weighted by atomic mass is 14.9. The van der Waals surface area contributed by atoms with E-state index < -0.39 is 0 Å². The SMILES string of the molecule is CCC(CC)NCc1cccc2c1NCCC2. The van der Waals surface area contributed by atoms with Crippen LogP contribution < -0.4 is 10.6 Å². The molecule has 1 aromatic carbocycles. The Bertz CT molecular complexity index is 356. The fourth-order valence-corrected chi connectivity index (χ4v) is 2.56. The number of fused-ring (bicyclic) bond motifs is 1. The molecular weight excluding hydrogens is 208 g/mol. The minimum atomic E-state index is 0.648. The fourth-order valence-electron chi connectivity index (χ4n) is 2.56. The van der Waals surface area contributed by atoms with Gasteiger partial charge in [-0.15, -0.1) is 0 Å². The van der Waals surface area contributed by atoms with Gasteiger partial charge in [0.1, 0.15) is 0 Å². The maximum atomic E-state index is 3.65. The number of anilines is 1. The summed E-state index contributed by atoms with van der Waals surface area (Å²) in [6, 6.07) is 7.33. The molecular formula is C15H24N2. The third-order valence-corrected chi connectivity index (χ3v) is 3.73. The van der Waals surface area contributed by atoms with Crippen molar-refractivity contribution in [1.29, 1.82) is 0 Å².